The lowest BCUT2D eigenvalue weighted by molar-refractivity contribution is 0.626. The van der Waals surface area contributed by atoms with Gasteiger partial charge >= 0.3 is 0 Å². The van der Waals surface area contributed by atoms with E-state index in [2.05, 4.69) is 5.10 Å². The number of nitrogens with zero attached hydrogens (tertiary/aromatic N) is 2. The molecule has 3 nitrogen and oxygen atoms in total. The summed E-state index contributed by atoms with van der Waals surface area (Å²) in [5.41, 5.74) is 9.38. The normalized spacial score (nSPS) is 10.8. The summed E-state index contributed by atoms with van der Waals surface area (Å²) in [6, 6.07) is 14.1. The number of halogens is 2. The van der Waals surface area contributed by atoms with Crippen LogP contribution in [0, 0.1) is 12.7 Å². The minimum Gasteiger partial charge on any atom is -0.384 e. The summed E-state index contributed by atoms with van der Waals surface area (Å²) in [6.07, 6.45) is 0. The van der Waals surface area contributed by atoms with Gasteiger partial charge in [-0.15, -0.1) is 0 Å². The molecule has 2 aromatic carbocycles. The van der Waals surface area contributed by atoms with Crippen LogP contribution in [0.25, 0.3) is 16.9 Å². The number of anilines is 1. The van der Waals surface area contributed by atoms with Gasteiger partial charge in [0, 0.05) is 17.7 Å². The molecule has 3 rings (SSSR count). The molecule has 5 heteroatoms. The molecule has 0 aliphatic heterocycles. The van der Waals surface area contributed by atoms with E-state index in [-0.39, 0.29) is 5.02 Å². The fourth-order valence-corrected chi connectivity index (χ4v) is 2.33. The fraction of sp³-hybridized carbons (Fsp3) is 0.0625. The summed E-state index contributed by atoms with van der Waals surface area (Å²) in [7, 11) is 0. The quantitative estimate of drug-likeness (QED) is 0.770. The second-order valence-electron chi connectivity index (χ2n) is 4.78. The summed E-state index contributed by atoms with van der Waals surface area (Å²) in [6.45, 7) is 2.01. The van der Waals surface area contributed by atoms with Gasteiger partial charge in [-0.2, -0.15) is 5.10 Å². The first-order valence-electron chi connectivity index (χ1n) is 6.43. The second kappa shape index (κ2) is 5.22. The Kier molecular flexibility index (Phi) is 3.39. The molecule has 0 aliphatic carbocycles. The molecule has 1 aromatic heterocycles. The monoisotopic (exact) mass is 301 g/mol. The van der Waals surface area contributed by atoms with E-state index in [1.807, 2.05) is 31.2 Å². The second-order valence-corrected chi connectivity index (χ2v) is 5.19. The average molecular weight is 302 g/mol. The Balaban J connectivity index is 2.10. The maximum atomic E-state index is 13.6. The van der Waals surface area contributed by atoms with Gasteiger partial charge in [0.1, 0.15) is 11.6 Å². The van der Waals surface area contributed by atoms with Crippen LogP contribution in [-0.4, -0.2) is 9.78 Å². The van der Waals surface area contributed by atoms with Crippen molar-refractivity contribution in [1.29, 1.82) is 0 Å². The van der Waals surface area contributed by atoms with Gasteiger partial charge in [0.15, 0.2) is 0 Å². The third kappa shape index (κ3) is 2.50. The Morgan fingerprint density at radius 1 is 1.14 bits per heavy atom. The molecule has 0 unspecified atom stereocenters. The van der Waals surface area contributed by atoms with E-state index >= 15 is 0 Å². The maximum absolute atomic E-state index is 13.6. The third-order valence-corrected chi connectivity index (χ3v) is 3.61. The Labute approximate surface area is 126 Å². The first kappa shape index (κ1) is 13.6. The Morgan fingerprint density at radius 2 is 1.90 bits per heavy atom. The molecule has 0 bridgehead atoms. The number of nitrogens with two attached hydrogens (primary N) is 1. The van der Waals surface area contributed by atoms with Crippen molar-refractivity contribution in [2.45, 2.75) is 6.92 Å². The van der Waals surface area contributed by atoms with Crippen molar-refractivity contribution in [2.24, 2.45) is 0 Å². The molecule has 0 radical (unpaired) electrons. The lowest BCUT2D eigenvalue weighted by Crippen LogP contribution is -2.02. The summed E-state index contributed by atoms with van der Waals surface area (Å²) >= 11 is 5.69. The van der Waals surface area contributed by atoms with Crippen molar-refractivity contribution in [3.63, 3.8) is 0 Å². The number of aromatic nitrogens is 2. The number of rotatable bonds is 2. The first-order valence-corrected chi connectivity index (χ1v) is 6.81. The molecule has 2 N–H and O–H groups in total. The van der Waals surface area contributed by atoms with Crippen LogP contribution >= 0.6 is 11.6 Å². The molecule has 0 saturated carbocycles. The number of benzene rings is 2. The van der Waals surface area contributed by atoms with Crippen LogP contribution in [0.1, 0.15) is 5.56 Å². The minimum absolute atomic E-state index is 0.0728. The van der Waals surface area contributed by atoms with Crippen LogP contribution in [0.4, 0.5) is 10.2 Å². The molecular formula is C16H13ClFN3. The first-order chi connectivity index (χ1) is 10.1. The van der Waals surface area contributed by atoms with Gasteiger partial charge in [0.25, 0.3) is 0 Å². The van der Waals surface area contributed by atoms with Crippen LogP contribution in [-0.2, 0) is 0 Å². The van der Waals surface area contributed by atoms with Gasteiger partial charge in [0.2, 0.25) is 0 Å². The van der Waals surface area contributed by atoms with E-state index in [1.54, 1.807) is 12.1 Å². The van der Waals surface area contributed by atoms with E-state index in [0.29, 0.717) is 11.5 Å². The van der Waals surface area contributed by atoms with Gasteiger partial charge in [-0.3, -0.25) is 0 Å². The van der Waals surface area contributed by atoms with Crippen molar-refractivity contribution < 1.29 is 4.39 Å². The molecule has 0 spiro atoms. The van der Waals surface area contributed by atoms with Gasteiger partial charge in [-0.05, 0) is 24.6 Å². The smallest absolute Gasteiger partial charge is 0.143 e. The van der Waals surface area contributed by atoms with Crippen LogP contribution in [0.3, 0.4) is 0 Å². The Morgan fingerprint density at radius 3 is 2.62 bits per heavy atom. The van der Waals surface area contributed by atoms with Crippen molar-refractivity contribution in [3.8, 4) is 16.9 Å². The predicted octanol–water partition coefficient (Wildman–Crippen LogP) is 4.22. The van der Waals surface area contributed by atoms with E-state index in [1.165, 1.54) is 16.8 Å². The molecule has 1 heterocycles. The highest BCUT2D eigenvalue weighted by atomic mass is 35.5. The summed E-state index contributed by atoms with van der Waals surface area (Å²) in [5.74, 6) is -0.0588. The summed E-state index contributed by atoms with van der Waals surface area (Å²) in [4.78, 5) is 0. The highest BCUT2D eigenvalue weighted by Crippen LogP contribution is 2.26. The number of hydrogen-bond acceptors (Lipinski definition) is 2. The van der Waals surface area contributed by atoms with Crippen molar-refractivity contribution in [3.05, 3.63) is 64.9 Å². The van der Waals surface area contributed by atoms with Crippen molar-refractivity contribution in [1.82, 2.24) is 9.78 Å². The fourth-order valence-electron chi connectivity index (χ4n) is 2.21. The molecule has 0 aliphatic rings. The zero-order valence-electron chi connectivity index (χ0n) is 11.3. The summed E-state index contributed by atoms with van der Waals surface area (Å²) < 4.78 is 15.1. The molecule has 3 aromatic rings. The van der Waals surface area contributed by atoms with Crippen LogP contribution < -0.4 is 5.73 Å². The lowest BCUT2D eigenvalue weighted by Gasteiger charge is -2.05. The molecule has 0 amide bonds. The van der Waals surface area contributed by atoms with Crippen molar-refractivity contribution >= 4 is 17.4 Å². The lowest BCUT2D eigenvalue weighted by atomic mass is 10.1. The minimum atomic E-state index is -0.499. The zero-order chi connectivity index (χ0) is 15.0. The topological polar surface area (TPSA) is 43.8 Å². The van der Waals surface area contributed by atoms with Crippen LogP contribution in [0.2, 0.25) is 5.02 Å². The van der Waals surface area contributed by atoms with E-state index in [4.69, 9.17) is 17.3 Å². The number of hydrogen-bond donors (Lipinski definition) is 1. The zero-order valence-corrected chi connectivity index (χ0v) is 12.1. The molecule has 21 heavy (non-hydrogen) atoms. The molecular weight excluding hydrogens is 289 g/mol. The van der Waals surface area contributed by atoms with Gasteiger partial charge < -0.3 is 5.73 Å². The number of nitrogen functional groups attached to an aromatic ring is 1. The Bertz CT molecular complexity index is 811. The van der Waals surface area contributed by atoms with E-state index < -0.39 is 5.82 Å². The van der Waals surface area contributed by atoms with E-state index in [9.17, 15) is 4.39 Å². The van der Waals surface area contributed by atoms with Gasteiger partial charge in [-0.25, -0.2) is 9.07 Å². The van der Waals surface area contributed by atoms with Crippen molar-refractivity contribution in [2.75, 3.05) is 5.73 Å². The predicted molar refractivity (Wildman–Crippen MR) is 83.1 cm³/mol. The maximum Gasteiger partial charge on any atom is 0.143 e. The van der Waals surface area contributed by atoms with Gasteiger partial charge in [0.05, 0.1) is 16.4 Å². The summed E-state index contributed by atoms with van der Waals surface area (Å²) in [5, 5.41) is 4.54. The number of aryl methyl sites for hydroxylation is 1. The van der Waals surface area contributed by atoms with Gasteiger partial charge in [-0.1, -0.05) is 35.9 Å². The Hall–Kier alpha value is -2.33. The van der Waals surface area contributed by atoms with Crippen LogP contribution in [0.5, 0.6) is 0 Å². The molecule has 0 fully saturated rings. The molecule has 106 valence electrons. The third-order valence-electron chi connectivity index (χ3n) is 3.31. The van der Waals surface area contributed by atoms with Crippen LogP contribution in [0.15, 0.2) is 48.5 Å². The largest absolute Gasteiger partial charge is 0.384 e. The van der Waals surface area contributed by atoms with E-state index in [0.717, 1.165) is 16.8 Å². The highest BCUT2D eigenvalue weighted by Gasteiger charge is 2.11. The average Bonchev–Trinajstić information content (AvgIpc) is 2.84. The molecule has 0 saturated heterocycles. The SMILES string of the molecule is Cc1ccccc1-c1cc(N)n(-c2ccc(Cl)c(F)c2)n1. The standard InChI is InChI=1S/C16H13ClFN3/c1-10-4-2-3-5-12(10)15-9-16(19)21(20-15)11-6-7-13(17)14(18)8-11/h2-9H,19H2,1H3. The highest BCUT2D eigenvalue weighted by molar-refractivity contribution is 6.30. The molecule has 0 atom stereocenters.